The number of carbonyl (C=O) groups is 1. The summed E-state index contributed by atoms with van der Waals surface area (Å²) >= 11 is 0. The van der Waals surface area contributed by atoms with Crippen LogP contribution in [0.4, 0.5) is 0 Å². The number of imidazole rings is 1. The highest BCUT2D eigenvalue weighted by molar-refractivity contribution is 5.87. The molecule has 5 heteroatoms. The number of rotatable bonds is 4. The molecular formula is C12H19N3O2. The van der Waals surface area contributed by atoms with Gasteiger partial charge in [0.05, 0.1) is 19.1 Å². The number of esters is 1. The molecule has 1 fully saturated rings. The first-order valence-electron chi connectivity index (χ1n) is 6.22. The number of hydrogen-bond acceptors (Lipinski definition) is 4. The highest BCUT2D eigenvalue weighted by atomic mass is 16.5. The Balaban J connectivity index is 2.00. The summed E-state index contributed by atoms with van der Waals surface area (Å²) in [5.41, 5.74) is 0.541. The van der Waals surface area contributed by atoms with Crippen LogP contribution in [0.25, 0.3) is 0 Å². The van der Waals surface area contributed by atoms with Gasteiger partial charge in [-0.1, -0.05) is 6.42 Å². The van der Waals surface area contributed by atoms with E-state index in [-0.39, 0.29) is 5.97 Å². The van der Waals surface area contributed by atoms with E-state index in [0.717, 1.165) is 19.5 Å². The van der Waals surface area contributed by atoms with Crippen molar-refractivity contribution in [3.8, 4) is 0 Å². The quantitative estimate of drug-likeness (QED) is 0.799. The Morgan fingerprint density at radius 2 is 2.53 bits per heavy atom. The van der Waals surface area contributed by atoms with E-state index in [4.69, 9.17) is 4.74 Å². The Bertz CT molecular complexity index is 370. The normalized spacial score (nSPS) is 20.2. The van der Waals surface area contributed by atoms with Gasteiger partial charge in [-0.3, -0.25) is 0 Å². The molecule has 1 aliphatic heterocycles. The molecule has 17 heavy (non-hydrogen) atoms. The van der Waals surface area contributed by atoms with Gasteiger partial charge in [-0.05, 0) is 26.3 Å². The monoisotopic (exact) mass is 237 g/mol. The summed E-state index contributed by atoms with van der Waals surface area (Å²) in [5.74, 6) is -0.291. The van der Waals surface area contributed by atoms with Gasteiger partial charge in [0, 0.05) is 12.6 Å². The second-order valence-corrected chi connectivity index (χ2v) is 4.30. The second-order valence-electron chi connectivity index (χ2n) is 4.30. The number of nitrogens with one attached hydrogen (secondary N) is 1. The van der Waals surface area contributed by atoms with E-state index in [9.17, 15) is 4.79 Å². The molecule has 1 atom stereocenters. The maximum atomic E-state index is 11.7. The minimum Gasteiger partial charge on any atom is -0.461 e. The Hall–Kier alpha value is -1.36. The van der Waals surface area contributed by atoms with Gasteiger partial charge < -0.3 is 14.6 Å². The number of hydrogen-bond donors (Lipinski definition) is 1. The molecule has 0 aliphatic carbocycles. The first kappa shape index (κ1) is 12.1. The average molecular weight is 237 g/mol. The molecule has 1 aromatic rings. The second kappa shape index (κ2) is 5.82. The SMILES string of the molecule is CCOC(=O)c1cncn1CC1CCCCN1. The van der Waals surface area contributed by atoms with E-state index < -0.39 is 0 Å². The molecule has 0 radical (unpaired) electrons. The van der Waals surface area contributed by atoms with Gasteiger partial charge in [-0.15, -0.1) is 0 Å². The highest BCUT2D eigenvalue weighted by Crippen LogP contribution is 2.11. The zero-order valence-electron chi connectivity index (χ0n) is 10.2. The van der Waals surface area contributed by atoms with Gasteiger partial charge in [0.15, 0.2) is 0 Å². The lowest BCUT2D eigenvalue weighted by molar-refractivity contribution is 0.0513. The van der Waals surface area contributed by atoms with Crippen LogP contribution < -0.4 is 5.32 Å². The maximum Gasteiger partial charge on any atom is 0.356 e. The summed E-state index contributed by atoms with van der Waals surface area (Å²) in [6, 6.07) is 0.436. The van der Waals surface area contributed by atoms with Crippen molar-refractivity contribution in [2.75, 3.05) is 13.2 Å². The molecule has 2 heterocycles. The molecule has 0 saturated carbocycles. The third kappa shape index (κ3) is 3.06. The van der Waals surface area contributed by atoms with Gasteiger partial charge in [0.25, 0.3) is 0 Å². The first-order chi connectivity index (χ1) is 8.31. The van der Waals surface area contributed by atoms with Crippen LogP contribution in [0.2, 0.25) is 0 Å². The largest absolute Gasteiger partial charge is 0.461 e. The molecule has 5 nitrogen and oxygen atoms in total. The van der Waals surface area contributed by atoms with Gasteiger partial charge in [0.1, 0.15) is 5.69 Å². The van der Waals surface area contributed by atoms with Gasteiger partial charge in [-0.25, -0.2) is 9.78 Å². The van der Waals surface area contributed by atoms with Crippen LogP contribution in [0.15, 0.2) is 12.5 Å². The average Bonchev–Trinajstić information content (AvgIpc) is 2.79. The molecule has 0 spiro atoms. The minimum atomic E-state index is -0.291. The Labute approximate surface area is 101 Å². The maximum absolute atomic E-state index is 11.7. The van der Waals surface area contributed by atoms with Crippen molar-refractivity contribution in [3.05, 3.63) is 18.2 Å². The number of piperidine rings is 1. The lowest BCUT2D eigenvalue weighted by atomic mass is 10.1. The van der Waals surface area contributed by atoms with E-state index in [1.165, 1.54) is 12.8 Å². The topological polar surface area (TPSA) is 56.1 Å². The smallest absolute Gasteiger partial charge is 0.356 e. The van der Waals surface area contributed by atoms with Crippen molar-refractivity contribution in [2.24, 2.45) is 0 Å². The zero-order chi connectivity index (χ0) is 12.1. The van der Waals surface area contributed by atoms with E-state index >= 15 is 0 Å². The minimum absolute atomic E-state index is 0.291. The number of carbonyl (C=O) groups excluding carboxylic acids is 1. The Morgan fingerprint density at radius 1 is 1.65 bits per heavy atom. The van der Waals surface area contributed by atoms with Crippen molar-refractivity contribution in [1.82, 2.24) is 14.9 Å². The summed E-state index contributed by atoms with van der Waals surface area (Å²) in [5, 5.41) is 3.45. The van der Waals surface area contributed by atoms with E-state index in [2.05, 4.69) is 10.3 Å². The van der Waals surface area contributed by atoms with Crippen LogP contribution in [0, 0.1) is 0 Å². The molecule has 0 aromatic carbocycles. The van der Waals surface area contributed by atoms with Crippen molar-refractivity contribution in [2.45, 2.75) is 38.8 Å². The van der Waals surface area contributed by atoms with Crippen LogP contribution >= 0.6 is 0 Å². The third-order valence-corrected chi connectivity index (χ3v) is 3.03. The molecular weight excluding hydrogens is 218 g/mol. The van der Waals surface area contributed by atoms with Crippen LogP contribution in [0.3, 0.4) is 0 Å². The van der Waals surface area contributed by atoms with Crippen molar-refractivity contribution >= 4 is 5.97 Å². The molecule has 1 saturated heterocycles. The fourth-order valence-corrected chi connectivity index (χ4v) is 2.16. The van der Waals surface area contributed by atoms with Crippen LogP contribution in [0.1, 0.15) is 36.7 Å². The lowest BCUT2D eigenvalue weighted by Gasteiger charge is -2.24. The van der Waals surface area contributed by atoms with E-state index in [1.807, 2.05) is 4.57 Å². The molecule has 1 N–H and O–H groups in total. The standard InChI is InChI=1S/C12H19N3O2/c1-2-17-12(16)11-7-13-9-15(11)8-10-5-3-4-6-14-10/h7,9-10,14H,2-6,8H2,1H3. The van der Waals surface area contributed by atoms with Crippen LogP contribution in [-0.4, -0.2) is 34.7 Å². The number of aromatic nitrogens is 2. The predicted molar refractivity (Wildman–Crippen MR) is 63.8 cm³/mol. The highest BCUT2D eigenvalue weighted by Gasteiger charge is 2.17. The van der Waals surface area contributed by atoms with Crippen LogP contribution in [0.5, 0.6) is 0 Å². The van der Waals surface area contributed by atoms with Gasteiger partial charge in [0.2, 0.25) is 0 Å². The fraction of sp³-hybridized carbons (Fsp3) is 0.667. The van der Waals surface area contributed by atoms with Crippen molar-refractivity contribution < 1.29 is 9.53 Å². The number of ether oxygens (including phenoxy) is 1. The summed E-state index contributed by atoms with van der Waals surface area (Å²) < 4.78 is 6.87. The Kier molecular flexibility index (Phi) is 4.14. The van der Waals surface area contributed by atoms with E-state index in [1.54, 1.807) is 19.4 Å². The molecule has 1 aromatic heterocycles. The lowest BCUT2D eigenvalue weighted by Crippen LogP contribution is -2.37. The molecule has 1 aliphatic rings. The molecule has 0 bridgehead atoms. The van der Waals surface area contributed by atoms with Crippen molar-refractivity contribution in [1.29, 1.82) is 0 Å². The van der Waals surface area contributed by atoms with Gasteiger partial charge >= 0.3 is 5.97 Å². The molecule has 2 rings (SSSR count). The first-order valence-corrected chi connectivity index (χ1v) is 6.22. The molecule has 1 unspecified atom stereocenters. The summed E-state index contributed by atoms with van der Waals surface area (Å²) in [4.78, 5) is 15.7. The molecule has 94 valence electrons. The third-order valence-electron chi connectivity index (χ3n) is 3.03. The van der Waals surface area contributed by atoms with Crippen LogP contribution in [-0.2, 0) is 11.3 Å². The number of nitrogens with zero attached hydrogens (tertiary/aromatic N) is 2. The van der Waals surface area contributed by atoms with E-state index in [0.29, 0.717) is 18.3 Å². The summed E-state index contributed by atoms with van der Waals surface area (Å²) in [6.07, 6.45) is 6.91. The zero-order valence-corrected chi connectivity index (χ0v) is 10.2. The molecule has 0 amide bonds. The van der Waals surface area contributed by atoms with Crippen molar-refractivity contribution in [3.63, 3.8) is 0 Å². The summed E-state index contributed by atoms with van der Waals surface area (Å²) in [7, 11) is 0. The van der Waals surface area contributed by atoms with Gasteiger partial charge in [-0.2, -0.15) is 0 Å². The summed E-state index contributed by atoms with van der Waals surface area (Å²) in [6.45, 7) is 4.05. The predicted octanol–water partition coefficient (Wildman–Crippen LogP) is 1.20. The Morgan fingerprint density at radius 3 is 3.24 bits per heavy atom. The fourth-order valence-electron chi connectivity index (χ4n) is 2.16.